The largest absolute Gasteiger partial charge is 0.396 e. The molecule has 0 aromatic carbocycles. The Bertz CT molecular complexity index is 148. The Kier molecular flexibility index (Phi) is 5.45. The van der Waals surface area contributed by atoms with Crippen molar-refractivity contribution in [2.45, 2.75) is 51.1 Å². The van der Waals surface area contributed by atoms with E-state index in [1.54, 1.807) is 0 Å². The highest BCUT2D eigenvalue weighted by Gasteiger charge is 2.26. The lowest BCUT2D eigenvalue weighted by Crippen LogP contribution is -2.48. The maximum absolute atomic E-state index is 8.72. The molecule has 2 unspecified atom stereocenters. The second kappa shape index (κ2) is 6.38. The zero-order valence-corrected chi connectivity index (χ0v) is 9.21. The summed E-state index contributed by atoms with van der Waals surface area (Å²) < 4.78 is 0. The number of hydrogen-bond acceptors (Lipinski definition) is 3. The van der Waals surface area contributed by atoms with Gasteiger partial charge in [0.25, 0.3) is 0 Å². The summed E-state index contributed by atoms with van der Waals surface area (Å²) in [7, 11) is 0. The molecular weight excluding hydrogens is 176 g/mol. The smallest absolute Gasteiger partial charge is 0.0431 e. The van der Waals surface area contributed by atoms with Gasteiger partial charge in [0.2, 0.25) is 0 Å². The van der Waals surface area contributed by atoms with Crippen molar-refractivity contribution in [1.29, 1.82) is 0 Å². The molecule has 14 heavy (non-hydrogen) atoms. The Morgan fingerprint density at radius 2 is 2.21 bits per heavy atom. The first kappa shape index (κ1) is 12.0. The second-order valence-corrected chi connectivity index (χ2v) is 4.47. The van der Waals surface area contributed by atoms with Crippen LogP contribution in [0.1, 0.15) is 39.0 Å². The Labute approximate surface area is 87.1 Å². The molecule has 2 atom stereocenters. The van der Waals surface area contributed by atoms with E-state index < -0.39 is 0 Å². The van der Waals surface area contributed by atoms with Crippen molar-refractivity contribution in [2.24, 2.45) is 11.7 Å². The van der Waals surface area contributed by atoms with Gasteiger partial charge in [-0.2, -0.15) is 0 Å². The molecule has 1 fully saturated rings. The summed E-state index contributed by atoms with van der Waals surface area (Å²) in [4.78, 5) is 0. The highest BCUT2D eigenvalue weighted by molar-refractivity contribution is 4.84. The molecule has 0 radical (unpaired) electrons. The monoisotopic (exact) mass is 200 g/mol. The summed E-state index contributed by atoms with van der Waals surface area (Å²) in [5, 5.41) is 12.3. The van der Waals surface area contributed by atoms with E-state index in [1.807, 2.05) is 0 Å². The van der Waals surface area contributed by atoms with E-state index in [-0.39, 0.29) is 0 Å². The van der Waals surface area contributed by atoms with Crippen molar-refractivity contribution < 1.29 is 5.11 Å². The van der Waals surface area contributed by atoms with Gasteiger partial charge in [0.1, 0.15) is 0 Å². The normalized spacial score (nSPS) is 21.6. The molecule has 0 aromatic heterocycles. The fraction of sp³-hybridized carbons (Fsp3) is 1.00. The Morgan fingerprint density at radius 3 is 2.64 bits per heavy atom. The van der Waals surface area contributed by atoms with Gasteiger partial charge >= 0.3 is 0 Å². The molecule has 1 aliphatic rings. The van der Waals surface area contributed by atoms with Gasteiger partial charge in [-0.1, -0.05) is 6.42 Å². The molecule has 1 saturated carbocycles. The van der Waals surface area contributed by atoms with Crippen LogP contribution in [0.2, 0.25) is 0 Å². The highest BCUT2D eigenvalue weighted by Crippen LogP contribution is 2.29. The Balaban J connectivity index is 2.17. The van der Waals surface area contributed by atoms with Crippen molar-refractivity contribution in [3.05, 3.63) is 0 Å². The number of aliphatic hydroxyl groups excluding tert-OH is 1. The van der Waals surface area contributed by atoms with Crippen LogP contribution in [0.25, 0.3) is 0 Å². The van der Waals surface area contributed by atoms with E-state index in [9.17, 15) is 0 Å². The third-order valence-electron chi connectivity index (χ3n) is 3.27. The van der Waals surface area contributed by atoms with E-state index in [0.717, 1.165) is 25.3 Å². The Hall–Kier alpha value is -0.120. The van der Waals surface area contributed by atoms with Gasteiger partial charge < -0.3 is 16.2 Å². The second-order valence-electron chi connectivity index (χ2n) is 4.47. The number of nitrogens with two attached hydrogens (primary N) is 1. The molecular formula is C11H24N2O. The summed E-state index contributed by atoms with van der Waals surface area (Å²) >= 11 is 0. The summed E-state index contributed by atoms with van der Waals surface area (Å²) in [6.07, 6.45) is 5.97. The van der Waals surface area contributed by atoms with Gasteiger partial charge in [0, 0.05) is 25.2 Å². The maximum Gasteiger partial charge on any atom is 0.0431 e. The average molecular weight is 200 g/mol. The van der Waals surface area contributed by atoms with Crippen LogP contribution in [0.3, 0.4) is 0 Å². The third-order valence-corrected chi connectivity index (χ3v) is 3.27. The SMILES string of the molecule is CC(CCCO)NC(CN)C1CCC1. The van der Waals surface area contributed by atoms with Crippen LogP contribution in [-0.4, -0.2) is 30.3 Å². The Morgan fingerprint density at radius 1 is 1.50 bits per heavy atom. The van der Waals surface area contributed by atoms with Gasteiger partial charge in [-0.15, -0.1) is 0 Å². The number of rotatable bonds is 7. The number of aliphatic hydroxyl groups is 1. The van der Waals surface area contributed by atoms with Gasteiger partial charge in [0.05, 0.1) is 0 Å². The van der Waals surface area contributed by atoms with Crippen molar-refractivity contribution in [1.82, 2.24) is 5.32 Å². The lowest BCUT2D eigenvalue weighted by molar-refractivity contribution is 0.212. The highest BCUT2D eigenvalue weighted by atomic mass is 16.2. The minimum absolute atomic E-state index is 0.294. The summed E-state index contributed by atoms with van der Waals surface area (Å²) in [6, 6.07) is 0.980. The average Bonchev–Trinajstić information content (AvgIpc) is 2.10. The zero-order chi connectivity index (χ0) is 10.4. The van der Waals surface area contributed by atoms with Gasteiger partial charge in [-0.3, -0.25) is 0 Å². The van der Waals surface area contributed by atoms with E-state index in [1.165, 1.54) is 19.3 Å². The minimum atomic E-state index is 0.294. The first-order valence-electron chi connectivity index (χ1n) is 5.85. The molecule has 0 saturated heterocycles. The summed E-state index contributed by atoms with van der Waals surface area (Å²) in [5.74, 6) is 0.802. The topological polar surface area (TPSA) is 58.3 Å². The molecule has 84 valence electrons. The van der Waals surface area contributed by atoms with Crippen molar-refractivity contribution in [3.8, 4) is 0 Å². The van der Waals surface area contributed by atoms with E-state index in [0.29, 0.717) is 18.7 Å². The van der Waals surface area contributed by atoms with Gasteiger partial charge in [-0.05, 0) is 38.5 Å². The molecule has 1 rings (SSSR count). The molecule has 0 aromatic rings. The van der Waals surface area contributed by atoms with Crippen LogP contribution in [0.4, 0.5) is 0 Å². The molecule has 0 heterocycles. The minimum Gasteiger partial charge on any atom is -0.396 e. The van der Waals surface area contributed by atoms with Crippen molar-refractivity contribution in [3.63, 3.8) is 0 Å². The summed E-state index contributed by atoms with van der Waals surface area (Å²) in [5.41, 5.74) is 5.75. The molecule has 0 bridgehead atoms. The number of hydrogen-bond donors (Lipinski definition) is 3. The molecule has 4 N–H and O–H groups in total. The quantitative estimate of drug-likeness (QED) is 0.571. The van der Waals surface area contributed by atoms with E-state index in [2.05, 4.69) is 12.2 Å². The molecule has 1 aliphatic carbocycles. The lowest BCUT2D eigenvalue weighted by atomic mass is 9.79. The molecule has 0 spiro atoms. The van der Waals surface area contributed by atoms with Crippen LogP contribution in [0, 0.1) is 5.92 Å². The standard InChI is InChI=1S/C11H24N2O/c1-9(4-3-7-14)13-11(8-12)10-5-2-6-10/h9-11,13-14H,2-8,12H2,1H3. The fourth-order valence-electron chi connectivity index (χ4n) is 2.09. The van der Waals surface area contributed by atoms with E-state index in [4.69, 9.17) is 10.8 Å². The van der Waals surface area contributed by atoms with Crippen LogP contribution in [0.5, 0.6) is 0 Å². The van der Waals surface area contributed by atoms with Gasteiger partial charge in [0.15, 0.2) is 0 Å². The third kappa shape index (κ3) is 3.56. The van der Waals surface area contributed by atoms with Crippen LogP contribution in [-0.2, 0) is 0 Å². The molecule has 0 aliphatic heterocycles. The van der Waals surface area contributed by atoms with E-state index >= 15 is 0 Å². The summed E-state index contributed by atoms with van der Waals surface area (Å²) in [6.45, 7) is 3.22. The first-order chi connectivity index (χ1) is 6.77. The van der Waals surface area contributed by atoms with Crippen LogP contribution < -0.4 is 11.1 Å². The lowest BCUT2D eigenvalue weighted by Gasteiger charge is -2.35. The van der Waals surface area contributed by atoms with Crippen LogP contribution >= 0.6 is 0 Å². The van der Waals surface area contributed by atoms with Crippen molar-refractivity contribution in [2.75, 3.05) is 13.2 Å². The maximum atomic E-state index is 8.72. The molecule has 3 heteroatoms. The predicted molar refractivity (Wildman–Crippen MR) is 59.1 cm³/mol. The van der Waals surface area contributed by atoms with Crippen molar-refractivity contribution >= 4 is 0 Å². The van der Waals surface area contributed by atoms with Gasteiger partial charge in [-0.25, -0.2) is 0 Å². The zero-order valence-electron chi connectivity index (χ0n) is 9.21. The number of nitrogens with one attached hydrogen (secondary N) is 1. The fourth-order valence-corrected chi connectivity index (χ4v) is 2.09. The predicted octanol–water partition coefficient (Wildman–Crippen LogP) is 0.864. The molecule has 0 amide bonds. The molecule has 3 nitrogen and oxygen atoms in total. The van der Waals surface area contributed by atoms with Crippen LogP contribution in [0.15, 0.2) is 0 Å². The first-order valence-corrected chi connectivity index (χ1v) is 5.85.